The van der Waals surface area contributed by atoms with Gasteiger partial charge in [0.1, 0.15) is 23.0 Å². The van der Waals surface area contributed by atoms with E-state index in [1.165, 1.54) is 12.1 Å². The van der Waals surface area contributed by atoms with E-state index in [0.717, 1.165) is 0 Å². The molecule has 202 valence electrons. The molecule has 0 unspecified atom stereocenters. The second kappa shape index (κ2) is 10.6. The smallest absolute Gasteiger partial charge is 0.266 e. The summed E-state index contributed by atoms with van der Waals surface area (Å²) in [6.45, 7) is 0. The van der Waals surface area contributed by atoms with E-state index in [-0.39, 0.29) is 35.2 Å². The summed E-state index contributed by atoms with van der Waals surface area (Å²) in [4.78, 5) is 9.02. The summed E-state index contributed by atoms with van der Waals surface area (Å²) < 4.78 is 40.4. The minimum atomic E-state index is -0.372. The molecule has 7 aromatic rings. The Kier molecular flexibility index (Phi) is 6.32. The minimum Gasteiger partial charge on any atom is -0.415 e. The second-order valence-electron chi connectivity index (χ2n) is 9.18. The van der Waals surface area contributed by atoms with Gasteiger partial charge >= 0.3 is 0 Å². The molecule has 0 fully saturated rings. The van der Waals surface area contributed by atoms with Crippen LogP contribution in [0.3, 0.4) is 0 Å². The SMILES string of the molecule is Fc1ccccc1-c1cccc(-c2nnc(-c3cccc(-c4nnc(-c5cccc(-c6ccccc6F)n5)o4)c3)o2)n1. The maximum Gasteiger partial charge on any atom is 0.266 e. The number of hydrogen-bond acceptors (Lipinski definition) is 8. The number of pyridine rings is 2. The standard InChI is InChI=1S/C32H18F2N6O2/c33-23-12-3-1-10-21(23)25-14-6-16-27(35-25)31-39-37-29(41-31)19-8-5-9-20(18-19)30-38-40-32(42-30)28-17-7-15-26(36-28)22-11-2-4-13-24(22)34/h1-18H. The molecule has 42 heavy (non-hydrogen) atoms. The molecule has 0 aliphatic heterocycles. The molecule has 8 nitrogen and oxygen atoms in total. The van der Waals surface area contributed by atoms with Crippen LogP contribution in [0.4, 0.5) is 8.78 Å². The van der Waals surface area contributed by atoms with E-state index in [1.807, 2.05) is 0 Å². The maximum absolute atomic E-state index is 14.3. The molecule has 0 spiro atoms. The van der Waals surface area contributed by atoms with Crippen LogP contribution in [0.2, 0.25) is 0 Å². The fraction of sp³-hybridized carbons (Fsp3) is 0. The first kappa shape index (κ1) is 25.1. The zero-order valence-electron chi connectivity index (χ0n) is 21.6. The van der Waals surface area contributed by atoms with Crippen LogP contribution in [-0.4, -0.2) is 30.4 Å². The van der Waals surface area contributed by atoms with E-state index in [0.29, 0.717) is 45.0 Å². The van der Waals surface area contributed by atoms with Crippen LogP contribution in [0.25, 0.3) is 68.6 Å². The Labute approximate surface area is 237 Å². The van der Waals surface area contributed by atoms with Crippen molar-refractivity contribution in [3.05, 3.63) is 121 Å². The van der Waals surface area contributed by atoms with Crippen LogP contribution in [0.5, 0.6) is 0 Å². The Morgan fingerprint density at radius 3 is 1.29 bits per heavy atom. The van der Waals surface area contributed by atoms with Gasteiger partial charge in [-0.1, -0.05) is 42.5 Å². The molecule has 4 aromatic heterocycles. The molecule has 0 radical (unpaired) electrons. The molecule has 0 bridgehead atoms. The molecule has 7 rings (SSSR count). The number of rotatable bonds is 6. The molecule has 0 N–H and O–H groups in total. The summed E-state index contributed by atoms with van der Waals surface area (Å²) in [5, 5.41) is 16.6. The van der Waals surface area contributed by atoms with E-state index < -0.39 is 0 Å². The molecule has 0 atom stereocenters. The van der Waals surface area contributed by atoms with Gasteiger partial charge in [0.05, 0.1) is 11.4 Å². The number of hydrogen-bond donors (Lipinski definition) is 0. The predicted octanol–water partition coefficient (Wildman–Crippen LogP) is 7.52. The van der Waals surface area contributed by atoms with E-state index in [2.05, 4.69) is 30.4 Å². The number of halogens is 2. The zero-order chi connectivity index (χ0) is 28.5. The van der Waals surface area contributed by atoms with E-state index in [4.69, 9.17) is 8.83 Å². The summed E-state index contributed by atoms with van der Waals surface area (Å²) in [6, 6.07) is 30.4. The van der Waals surface area contributed by atoms with Gasteiger partial charge in [-0.2, -0.15) is 0 Å². The fourth-order valence-corrected chi connectivity index (χ4v) is 4.42. The van der Waals surface area contributed by atoms with Crippen LogP contribution in [0.15, 0.2) is 118 Å². The molecule has 0 saturated heterocycles. The van der Waals surface area contributed by atoms with Crippen LogP contribution >= 0.6 is 0 Å². The van der Waals surface area contributed by atoms with Crippen LogP contribution in [-0.2, 0) is 0 Å². The molecule has 10 heteroatoms. The Balaban J connectivity index is 1.15. The van der Waals surface area contributed by atoms with Crippen molar-refractivity contribution in [3.63, 3.8) is 0 Å². The normalized spacial score (nSPS) is 11.1. The summed E-state index contributed by atoms with van der Waals surface area (Å²) in [6.07, 6.45) is 0. The summed E-state index contributed by atoms with van der Waals surface area (Å²) in [5.41, 5.74) is 3.73. The lowest BCUT2D eigenvalue weighted by molar-refractivity contribution is 0.580. The molecular formula is C32H18F2N6O2. The van der Waals surface area contributed by atoms with Crippen molar-refractivity contribution in [1.82, 2.24) is 30.4 Å². The third kappa shape index (κ3) is 4.81. The Hall–Kier alpha value is -5.90. The van der Waals surface area contributed by atoms with Crippen molar-refractivity contribution in [2.45, 2.75) is 0 Å². The molecule has 0 saturated carbocycles. The van der Waals surface area contributed by atoms with E-state index >= 15 is 0 Å². The van der Waals surface area contributed by atoms with Crippen LogP contribution < -0.4 is 0 Å². The molecule has 4 heterocycles. The Morgan fingerprint density at radius 2 is 0.810 bits per heavy atom. The topological polar surface area (TPSA) is 104 Å². The van der Waals surface area contributed by atoms with Crippen LogP contribution in [0.1, 0.15) is 0 Å². The highest BCUT2D eigenvalue weighted by Gasteiger charge is 2.17. The molecular weight excluding hydrogens is 538 g/mol. The average molecular weight is 557 g/mol. The number of aromatic nitrogens is 6. The first-order chi connectivity index (χ1) is 20.6. The summed E-state index contributed by atoms with van der Waals surface area (Å²) in [7, 11) is 0. The van der Waals surface area contributed by atoms with E-state index in [1.54, 1.807) is 97.1 Å². The molecule has 0 aliphatic rings. The van der Waals surface area contributed by atoms with Gasteiger partial charge in [-0.05, 0) is 66.7 Å². The summed E-state index contributed by atoms with van der Waals surface area (Å²) in [5.74, 6) is 0.141. The highest BCUT2D eigenvalue weighted by atomic mass is 19.1. The molecule has 0 aliphatic carbocycles. The van der Waals surface area contributed by atoms with Crippen molar-refractivity contribution >= 4 is 0 Å². The lowest BCUT2D eigenvalue weighted by Gasteiger charge is -2.03. The third-order valence-electron chi connectivity index (χ3n) is 6.44. The summed E-state index contributed by atoms with van der Waals surface area (Å²) >= 11 is 0. The quantitative estimate of drug-likeness (QED) is 0.207. The van der Waals surface area contributed by atoms with Crippen LogP contribution in [0, 0.1) is 11.6 Å². The second-order valence-corrected chi connectivity index (χ2v) is 9.18. The van der Waals surface area contributed by atoms with Gasteiger partial charge in [0, 0.05) is 22.3 Å². The van der Waals surface area contributed by atoms with Gasteiger partial charge in [-0.3, -0.25) is 0 Å². The van der Waals surface area contributed by atoms with Gasteiger partial charge in [-0.25, -0.2) is 18.7 Å². The van der Waals surface area contributed by atoms with Gasteiger partial charge in [0.25, 0.3) is 11.8 Å². The largest absolute Gasteiger partial charge is 0.415 e. The minimum absolute atomic E-state index is 0.189. The van der Waals surface area contributed by atoms with Crippen molar-refractivity contribution in [3.8, 4) is 68.6 Å². The lowest BCUT2D eigenvalue weighted by Crippen LogP contribution is -1.90. The Bertz CT molecular complexity index is 1910. The van der Waals surface area contributed by atoms with Gasteiger partial charge in [0.15, 0.2) is 0 Å². The van der Waals surface area contributed by atoms with Crippen molar-refractivity contribution < 1.29 is 17.6 Å². The highest BCUT2D eigenvalue weighted by molar-refractivity contribution is 5.67. The van der Waals surface area contributed by atoms with Gasteiger partial charge < -0.3 is 8.83 Å². The monoisotopic (exact) mass is 556 g/mol. The number of benzene rings is 3. The lowest BCUT2D eigenvalue weighted by atomic mass is 10.1. The Morgan fingerprint density at radius 1 is 0.405 bits per heavy atom. The van der Waals surface area contributed by atoms with Crippen molar-refractivity contribution in [1.29, 1.82) is 0 Å². The zero-order valence-corrected chi connectivity index (χ0v) is 21.6. The first-order valence-corrected chi connectivity index (χ1v) is 12.8. The van der Waals surface area contributed by atoms with Gasteiger partial charge in [0.2, 0.25) is 11.8 Å². The average Bonchev–Trinajstić information content (AvgIpc) is 3.73. The molecule has 3 aromatic carbocycles. The molecule has 0 amide bonds. The van der Waals surface area contributed by atoms with Crippen molar-refractivity contribution in [2.24, 2.45) is 0 Å². The van der Waals surface area contributed by atoms with Crippen molar-refractivity contribution in [2.75, 3.05) is 0 Å². The third-order valence-corrected chi connectivity index (χ3v) is 6.44. The first-order valence-electron chi connectivity index (χ1n) is 12.8. The predicted molar refractivity (Wildman–Crippen MR) is 150 cm³/mol. The van der Waals surface area contributed by atoms with Gasteiger partial charge in [-0.15, -0.1) is 20.4 Å². The number of nitrogens with zero attached hydrogens (tertiary/aromatic N) is 6. The fourth-order valence-electron chi connectivity index (χ4n) is 4.42. The highest BCUT2D eigenvalue weighted by Crippen LogP contribution is 2.30. The maximum atomic E-state index is 14.3. The van der Waals surface area contributed by atoms with E-state index in [9.17, 15) is 8.78 Å².